The summed E-state index contributed by atoms with van der Waals surface area (Å²) in [6, 6.07) is 13.7. The third kappa shape index (κ3) is 4.31. The molecule has 7 heteroatoms. The first-order valence-electron chi connectivity index (χ1n) is 9.22. The van der Waals surface area contributed by atoms with E-state index in [1.807, 2.05) is 49.4 Å². The molecule has 4 rings (SSSR count). The molecule has 0 spiro atoms. The zero-order valence-electron chi connectivity index (χ0n) is 15.6. The molecule has 1 aliphatic heterocycles. The number of nitrogens with zero attached hydrogens (tertiary/aromatic N) is 2. The lowest BCUT2D eigenvalue weighted by atomic mass is 10.1. The van der Waals surface area contributed by atoms with Gasteiger partial charge in [0.15, 0.2) is 11.5 Å². The van der Waals surface area contributed by atoms with Gasteiger partial charge in [-0.25, -0.2) is 0 Å². The van der Waals surface area contributed by atoms with E-state index >= 15 is 0 Å². The fourth-order valence-corrected chi connectivity index (χ4v) is 2.92. The molecule has 1 aliphatic rings. The second-order valence-corrected chi connectivity index (χ2v) is 6.65. The van der Waals surface area contributed by atoms with E-state index in [1.165, 1.54) is 5.56 Å². The van der Waals surface area contributed by atoms with Gasteiger partial charge >= 0.3 is 0 Å². The summed E-state index contributed by atoms with van der Waals surface area (Å²) in [7, 11) is 0. The maximum Gasteiger partial charge on any atom is 0.247 e. The highest BCUT2D eigenvalue weighted by atomic mass is 16.7. The molecule has 3 aromatic rings. The molecule has 0 radical (unpaired) electrons. The smallest absolute Gasteiger partial charge is 0.247 e. The highest BCUT2D eigenvalue weighted by molar-refractivity contribution is 5.76. The number of hydrogen-bond donors (Lipinski definition) is 1. The molecule has 1 amide bonds. The summed E-state index contributed by atoms with van der Waals surface area (Å²) in [6.45, 7) is 2.84. The Morgan fingerprint density at radius 3 is 2.71 bits per heavy atom. The number of benzene rings is 2. The molecule has 0 unspecified atom stereocenters. The first-order valence-corrected chi connectivity index (χ1v) is 9.22. The molecule has 0 atom stereocenters. The Hall–Kier alpha value is -3.35. The van der Waals surface area contributed by atoms with E-state index in [0.717, 1.165) is 29.0 Å². The molecule has 28 heavy (non-hydrogen) atoms. The van der Waals surface area contributed by atoms with E-state index in [2.05, 4.69) is 15.5 Å². The Morgan fingerprint density at radius 2 is 1.86 bits per heavy atom. The highest BCUT2D eigenvalue weighted by Crippen LogP contribution is 2.32. The van der Waals surface area contributed by atoms with Crippen molar-refractivity contribution in [2.75, 3.05) is 13.3 Å². The number of fused-ring (bicyclic) bond motifs is 1. The SMILES string of the molecule is Cc1ccc(-c2nnc(CCC(=O)NCCc3ccc4c(c3)OCO4)o2)cc1. The zero-order valence-corrected chi connectivity index (χ0v) is 15.6. The van der Waals surface area contributed by atoms with Crippen LogP contribution in [0.5, 0.6) is 11.5 Å². The van der Waals surface area contributed by atoms with Crippen LogP contribution in [0, 0.1) is 6.92 Å². The normalized spacial score (nSPS) is 12.2. The van der Waals surface area contributed by atoms with Gasteiger partial charge < -0.3 is 19.2 Å². The van der Waals surface area contributed by atoms with Crippen molar-refractivity contribution in [3.8, 4) is 23.0 Å². The van der Waals surface area contributed by atoms with Gasteiger partial charge in [0.2, 0.25) is 24.5 Å². The first kappa shape index (κ1) is 18.0. The van der Waals surface area contributed by atoms with Gasteiger partial charge in [0.05, 0.1) is 0 Å². The average molecular weight is 379 g/mol. The van der Waals surface area contributed by atoms with Crippen molar-refractivity contribution in [2.45, 2.75) is 26.2 Å². The van der Waals surface area contributed by atoms with Gasteiger partial charge in [0.1, 0.15) is 0 Å². The van der Waals surface area contributed by atoms with Gasteiger partial charge in [-0.15, -0.1) is 10.2 Å². The summed E-state index contributed by atoms with van der Waals surface area (Å²) in [4.78, 5) is 12.1. The minimum Gasteiger partial charge on any atom is -0.454 e. The molecule has 0 fully saturated rings. The molecule has 0 saturated carbocycles. The minimum absolute atomic E-state index is 0.0455. The third-order valence-corrected chi connectivity index (χ3v) is 4.50. The van der Waals surface area contributed by atoms with Crippen LogP contribution in [0.15, 0.2) is 46.9 Å². The number of rotatable bonds is 7. The van der Waals surface area contributed by atoms with E-state index in [1.54, 1.807) is 0 Å². The van der Waals surface area contributed by atoms with Crippen LogP contribution in [0.2, 0.25) is 0 Å². The van der Waals surface area contributed by atoms with Crippen LogP contribution < -0.4 is 14.8 Å². The van der Waals surface area contributed by atoms with Crippen LogP contribution in [-0.2, 0) is 17.6 Å². The van der Waals surface area contributed by atoms with E-state index in [4.69, 9.17) is 13.9 Å². The lowest BCUT2D eigenvalue weighted by Gasteiger charge is -2.05. The van der Waals surface area contributed by atoms with Crippen molar-refractivity contribution in [3.05, 3.63) is 59.5 Å². The molecule has 2 aromatic carbocycles. The molecule has 0 aliphatic carbocycles. The summed E-state index contributed by atoms with van der Waals surface area (Å²) in [6.07, 6.45) is 1.44. The van der Waals surface area contributed by atoms with Gasteiger partial charge in [-0.1, -0.05) is 23.8 Å². The predicted molar refractivity (Wildman–Crippen MR) is 102 cm³/mol. The van der Waals surface area contributed by atoms with Gasteiger partial charge in [-0.3, -0.25) is 4.79 Å². The van der Waals surface area contributed by atoms with Crippen molar-refractivity contribution in [3.63, 3.8) is 0 Å². The Kier molecular flexibility index (Phi) is 5.23. The average Bonchev–Trinajstić information content (AvgIpc) is 3.36. The predicted octanol–water partition coefficient (Wildman–Crippen LogP) is 3.07. The first-order chi connectivity index (χ1) is 13.7. The van der Waals surface area contributed by atoms with Gasteiger partial charge in [0, 0.05) is 24.9 Å². The van der Waals surface area contributed by atoms with Crippen LogP contribution in [0.3, 0.4) is 0 Å². The topological polar surface area (TPSA) is 86.5 Å². The standard InChI is InChI=1S/C21H21N3O4/c1-14-2-5-16(6-3-14)21-24-23-20(28-21)9-8-19(25)22-11-10-15-4-7-17-18(12-15)27-13-26-17/h2-7,12H,8-11,13H2,1H3,(H,22,25). The summed E-state index contributed by atoms with van der Waals surface area (Å²) in [5.74, 6) is 2.40. The molecular weight excluding hydrogens is 358 g/mol. The van der Waals surface area contributed by atoms with Gasteiger partial charge in [-0.05, 0) is 43.2 Å². The number of aryl methyl sites for hydroxylation is 2. The highest BCUT2D eigenvalue weighted by Gasteiger charge is 2.13. The Bertz CT molecular complexity index is 966. The number of aromatic nitrogens is 2. The largest absolute Gasteiger partial charge is 0.454 e. The molecule has 144 valence electrons. The number of nitrogens with one attached hydrogen (secondary N) is 1. The second-order valence-electron chi connectivity index (χ2n) is 6.65. The Labute approximate surface area is 162 Å². The summed E-state index contributed by atoms with van der Waals surface area (Å²) < 4.78 is 16.3. The number of carbonyl (C=O) groups excluding carboxylic acids is 1. The van der Waals surface area contributed by atoms with Crippen LogP contribution >= 0.6 is 0 Å². The van der Waals surface area contributed by atoms with Crippen molar-refractivity contribution >= 4 is 5.91 Å². The van der Waals surface area contributed by atoms with E-state index in [9.17, 15) is 4.79 Å². The zero-order chi connectivity index (χ0) is 19.3. The molecule has 7 nitrogen and oxygen atoms in total. The summed E-state index contributed by atoms with van der Waals surface area (Å²) in [5.41, 5.74) is 3.13. The van der Waals surface area contributed by atoms with Crippen molar-refractivity contribution < 1.29 is 18.7 Å². The quantitative estimate of drug-likeness (QED) is 0.679. The monoisotopic (exact) mass is 379 g/mol. The number of hydrogen-bond acceptors (Lipinski definition) is 6. The number of carbonyl (C=O) groups is 1. The van der Waals surface area contributed by atoms with E-state index < -0.39 is 0 Å². The minimum atomic E-state index is -0.0455. The lowest BCUT2D eigenvalue weighted by Crippen LogP contribution is -2.25. The number of ether oxygens (including phenoxy) is 2. The molecule has 0 bridgehead atoms. The third-order valence-electron chi connectivity index (χ3n) is 4.50. The lowest BCUT2D eigenvalue weighted by molar-refractivity contribution is -0.121. The fourth-order valence-electron chi connectivity index (χ4n) is 2.92. The van der Waals surface area contributed by atoms with Crippen molar-refractivity contribution in [1.82, 2.24) is 15.5 Å². The molecule has 1 aromatic heterocycles. The molecule has 0 saturated heterocycles. The van der Waals surface area contributed by atoms with Crippen LogP contribution in [0.4, 0.5) is 0 Å². The van der Waals surface area contributed by atoms with Gasteiger partial charge in [-0.2, -0.15) is 0 Å². The van der Waals surface area contributed by atoms with Crippen LogP contribution in [-0.4, -0.2) is 29.4 Å². The van der Waals surface area contributed by atoms with Crippen LogP contribution in [0.1, 0.15) is 23.4 Å². The maximum absolute atomic E-state index is 12.1. The maximum atomic E-state index is 12.1. The van der Waals surface area contributed by atoms with Crippen molar-refractivity contribution in [2.24, 2.45) is 0 Å². The Morgan fingerprint density at radius 1 is 1.04 bits per heavy atom. The second kappa shape index (κ2) is 8.12. The molecule has 1 N–H and O–H groups in total. The van der Waals surface area contributed by atoms with Crippen LogP contribution in [0.25, 0.3) is 11.5 Å². The Balaban J connectivity index is 1.22. The van der Waals surface area contributed by atoms with Crippen molar-refractivity contribution in [1.29, 1.82) is 0 Å². The van der Waals surface area contributed by atoms with E-state index in [-0.39, 0.29) is 12.7 Å². The van der Waals surface area contributed by atoms with E-state index in [0.29, 0.717) is 31.2 Å². The summed E-state index contributed by atoms with van der Waals surface area (Å²) in [5, 5.41) is 11.0. The molecular formula is C21H21N3O4. The fraction of sp³-hybridized carbons (Fsp3) is 0.286. The molecule has 2 heterocycles. The van der Waals surface area contributed by atoms with Gasteiger partial charge in [0.25, 0.3) is 0 Å². The number of amides is 1. The summed E-state index contributed by atoms with van der Waals surface area (Å²) >= 11 is 0.